The zero-order valence-corrected chi connectivity index (χ0v) is 11.3. The molecule has 0 saturated carbocycles. The second-order valence-electron chi connectivity index (χ2n) is 4.01. The summed E-state index contributed by atoms with van der Waals surface area (Å²) in [6.07, 6.45) is -0.526. The first kappa shape index (κ1) is 14.1. The van der Waals surface area contributed by atoms with Crippen molar-refractivity contribution in [2.75, 3.05) is 19.5 Å². The Morgan fingerprint density at radius 1 is 1.40 bits per heavy atom. The zero-order valence-electron chi connectivity index (χ0n) is 11.3. The van der Waals surface area contributed by atoms with Crippen LogP contribution in [0.25, 0.3) is 0 Å². The smallest absolute Gasteiger partial charge is 0.362 e. The minimum absolute atomic E-state index is 0.0279. The fraction of sp³-hybridized carbons (Fsp3) is 0.286. The van der Waals surface area contributed by atoms with Crippen molar-refractivity contribution in [1.29, 1.82) is 0 Å². The quantitative estimate of drug-likeness (QED) is 0.842. The molecule has 20 heavy (non-hydrogen) atoms. The molecule has 2 aromatic rings. The van der Waals surface area contributed by atoms with E-state index >= 15 is 0 Å². The third-order valence-electron chi connectivity index (χ3n) is 2.70. The van der Waals surface area contributed by atoms with Crippen LogP contribution in [-0.2, 0) is 9.47 Å². The molecule has 6 nitrogen and oxygen atoms in total. The van der Waals surface area contributed by atoms with Crippen molar-refractivity contribution in [2.45, 2.75) is 13.0 Å². The number of oxazole rings is 1. The van der Waals surface area contributed by atoms with Gasteiger partial charge in [0, 0.05) is 7.11 Å². The van der Waals surface area contributed by atoms with Gasteiger partial charge >= 0.3 is 5.97 Å². The van der Waals surface area contributed by atoms with Crippen LogP contribution in [0.3, 0.4) is 0 Å². The molecule has 0 radical (unpaired) electrons. The number of carbonyl (C=O) groups is 1. The Labute approximate surface area is 116 Å². The molecule has 0 bridgehead atoms. The van der Waals surface area contributed by atoms with E-state index in [0.29, 0.717) is 0 Å². The number of hydrogen-bond acceptors (Lipinski definition) is 6. The van der Waals surface area contributed by atoms with Gasteiger partial charge in [0.25, 0.3) is 0 Å². The number of nitrogens with zero attached hydrogens (tertiary/aromatic N) is 1. The highest BCUT2D eigenvalue weighted by atomic mass is 16.5. The predicted octanol–water partition coefficient (Wildman–Crippen LogP) is 2.17. The maximum absolute atomic E-state index is 11.7. The van der Waals surface area contributed by atoms with Gasteiger partial charge in [-0.05, 0) is 12.5 Å². The van der Waals surface area contributed by atoms with E-state index in [-0.39, 0.29) is 24.1 Å². The third kappa shape index (κ3) is 2.80. The molecule has 0 aliphatic carbocycles. The second-order valence-corrected chi connectivity index (χ2v) is 4.01. The third-order valence-corrected chi connectivity index (χ3v) is 2.70. The summed E-state index contributed by atoms with van der Waals surface area (Å²) in [5.41, 5.74) is 6.48. The molecule has 106 valence electrons. The van der Waals surface area contributed by atoms with Crippen LogP contribution in [0.1, 0.15) is 35.0 Å². The van der Waals surface area contributed by atoms with Crippen LogP contribution < -0.4 is 5.73 Å². The zero-order chi connectivity index (χ0) is 14.5. The van der Waals surface area contributed by atoms with E-state index in [2.05, 4.69) is 4.98 Å². The van der Waals surface area contributed by atoms with Gasteiger partial charge in [0.1, 0.15) is 0 Å². The van der Waals surface area contributed by atoms with Crippen LogP contribution in [0.15, 0.2) is 34.7 Å². The summed E-state index contributed by atoms with van der Waals surface area (Å²) >= 11 is 0. The van der Waals surface area contributed by atoms with E-state index in [4.69, 9.17) is 19.6 Å². The molecule has 0 amide bonds. The molecule has 0 aliphatic heterocycles. The van der Waals surface area contributed by atoms with E-state index in [0.717, 1.165) is 5.56 Å². The molecule has 6 heteroatoms. The average Bonchev–Trinajstić information content (AvgIpc) is 2.83. The number of nitrogen functional groups attached to an aromatic ring is 1. The van der Waals surface area contributed by atoms with Crippen LogP contribution in [0, 0.1) is 0 Å². The summed E-state index contributed by atoms with van der Waals surface area (Å²) < 4.78 is 15.6. The van der Waals surface area contributed by atoms with Gasteiger partial charge in [-0.2, -0.15) is 0 Å². The molecule has 1 unspecified atom stereocenters. The maximum Gasteiger partial charge on any atom is 0.362 e. The van der Waals surface area contributed by atoms with Gasteiger partial charge in [0.05, 0.1) is 6.61 Å². The molecule has 1 aromatic heterocycles. The van der Waals surface area contributed by atoms with E-state index < -0.39 is 12.1 Å². The van der Waals surface area contributed by atoms with Crippen molar-refractivity contribution in [3.63, 3.8) is 0 Å². The minimum Gasteiger partial charge on any atom is -0.461 e. The van der Waals surface area contributed by atoms with E-state index in [9.17, 15) is 4.79 Å². The highest BCUT2D eigenvalue weighted by molar-refractivity contribution is 5.91. The number of methoxy groups -OCH3 is 1. The molecule has 2 N–H and O–H groups in total. The van der Waals surface area contributed by atoms with Crippen molar-refractivity contribution >= 4 is 11.9 Å². The Kier molecular flexibility index (Phi) is 4.37. The van der Waals surface area contributed by atoms with Gasteiger partial charge in [0.2, 0.25) is 17.5 Å². The number of anilines is 1. The fourth-order valence-electron chi connectivity index (χ4n) is 1.81. The SMILES string of the molecule is CCOC(=O)c1nc(C(OC)c2ccccc2)oc1N. The number of aromatic nitrogens is 1. The summed E-state index contributed by atoms with van der Waals surface area (Å²) in [5.74, 6) is -0.460. The van der Waals surface area contributed by atoms with Crippen LogP contribution in [0.5, 0.6) is 0 Å². The molecule has 0 aliphatic rings. The molecule has 1 atom stereocenters. The summed E-state index contributed by atoms with van der Waals surface area (Å²) in [5, 5.41) is 0. The number of benzene rings is 1. The summed E-state index contributed by atoms with van der Waals surface area (Å²) in [6, 6.07) is 9.39. The van der Waals surface area contributed by atoms with Crippen molar-refractivity contribution in [3.8, 4) is 0 Å². The largest absolute Gasteiger partial charge is 0.461 e. The van der Waals surface area contributed by atoms with Crippen molar-refractivity contribution in [2.24, 2.45) is 0 Å². The highest BCUT2D eigenvalue weighted by Gasteiger charge is 2.25. The molecule has 1 heterocycles. The lowest BCUT2D eigenvalue weighted by atomic mass is 10.1. The molecular formula is C14H16N2O4. The van der Waals surface area contributed by atoms with Crippen molar-refractivity contribution in [1.82, 2.24) is 4.98 Å². The van der Waals surface area contributed by atoms with Gasteiger partial charge in [-0.3, -0.25) is 0 Å². The fourth-order valence-corrected chi connectivity index (χ4v) is 1.81. The number of rotatable bonds is 5. The van der Waals surface area contributed by atoms with Gasteiger partial charge in [-0.25, -0.2) is 9.78 Å². The molecule has 1 aromatic carbocycles. The molecule has 0 saturated heterocycles. The number of carbonyl (C=O) groups excluding carboxylic acids is 1. The Morgan fingerprint density at radius 3 is 2.70 bits per heavy atom. The maximum atomic E-state index is 11.7. The van der Waals surface area contributed by atoms with E-state index in [1.807, 2.05) is 30.3 Å². The number of esters is 1. The summed E-state index contributed by atoms with van der Waals surface area (Å²) in [7, 11) is 1.53. The Morgan fingerprint density at radius 2 is 2.10 bits per heavy atom. The van der Waals surface area contributed by atoms with Gasteiger partial charge in [-0.1, -0.05) is 30.3 Å². The number of hydrogen-bond donors (Lipinski definition) is 1. The summed E-state index contributed by atoms with van der Waals surface area (Å²) in [6.45, 7) is 1.95. The summed E-state index contributed by atoms with van der Waals surface area (Å²) in [4.78, 5) is 15.7. The number of nitrogens with two attached hydrogens (primary N) is 1. The lowest BCUT2D eigenvalue weighted by molar-refractivity contribution is 0.0520. The van der Waals surface area contributed by atoms with E-state index in [1.54, 1.807) is 6.92 Å². The van der Waals surface area contributed by atoms with Crippen LogP contribution in [0.4, 0.5) is 5.88 Å². The first-order valence-corrected chi connectivity index (χ1v) is 6.18. The number of ether oxygens (including phenoxy) is 2. The highest BCUT2D eigenvalue weighted by Crippen LogP contribution is 2.27. The first-order valence-electron chi connectivity index (χ1n) is 6.18. The molecule has 2 rings (SSSR count). The average molecular weight is 276 g/mol. The van der Waals surface area contributed by atoms with Crippen molar-refractivity contribution in [3.05, 3.63) is 47.5 Å². The predicted molar refractivity (Wildman–Crippen MR) is 72.2 cm³/mol. The van der Waals surface area contributed by atoms with Crippen LogP contribution in [0.2, 0.25) is 0 Å². The molecule has 0 spiro atoms. The standard InChI is InChI=1S/C14H16N2O4/c1-3-19-14(17)10-12(15)20-13(16-10)11(18-2)9-7-5-4-6-8-9/h4-8,11H,3,15H2,1-2H3. The molecule has 0 fully saturated rings. The molecular weight excluding hydrogens is 260 g/mol. The minimum atomic E-state index is -0.608. The Balaban J connectivity index is 2.32. The Hall–Kier alpha value is -2.34. The topological polar surface area (TPSA) is 87.6 Å². The van der Waals surface area contributed by atoms with Gasteiger partial charge in [-0.15, -0.1) is 0 Å². The van der Waals surface area contributed by atoms with Gasteiger partial charge < -0.3 is 19.6 Å². The lowest BCUT2D eigenvalue weighted by Gasteiger charge is -2.11. The first-order chi connectivity index (χ1) is 9.67. The van der Waals surface area contributed by atoms with Crippen LogP contribution in [-0.4, -0.2) is 24.7 Å². The van der Waals surface area contributed by atoms with Crippen LogP contribution >= 0.6 is 0 Å². The lowest BCUT2D eigenvalue weighted by Crippen LogP contribution is -2.08. The van der Waals surface area contributed by atoms with E-state index in [1.165, 1.54) is 7.11 Å². The second kappa shape index (κ2) is 6.21. The normalized spacial score (nSPS) is 12.1. The van der Waals surface area contributed by atoms with Gasteiger partial charge in [0.15, 0.2) is 6.10 Å². The monoisotopic (exact) mass is 276 g/mol. The van der Waals surface area contributed by atoms with Crippen molar-refractivity contribution < 1.29 is 18.7 Å². The Bertz CT molecular complexity index is 580.